The summed E-state index contributed by atoms with van der Waals surface area (Å²) >= 11 is 7.77. The lowest BCUT2D eigenvalue weighted by Crippen LogP contribution is -2.11. The molecule has 0 spiro atoms. The minimum Gasteiger partial charge on any atom is -0.312 e. The van der Waals surface area contributed by atoms with E-state index in [1.807, 2.05) is 25.2 Å². The summed E-state index contributed by atoms with van der Waals surface area (Å²) < 4.78 is 0. The number of halogens is 1. The Bertz CT molecular complexity index is 536. The van der Waals surface area contributed by atoms with Crippen LogP contribution < -0.4 is 5.32 Å². The molecule has 0 saturated carbocycles. The summed E-state index contributed by atoms with van der Waals surface area (Å²) in [7, 11) is 1.97. The fraction of sp³-hybridized carbons (Fsp3) is 0.357. The van der Waals surface area contributed by atoms with Crippen LogP contribution in [-0.2, 0) is 6.42 Å². The Morgan fingerprint density at radius 3 is 2.89 bits per heavy atom. The van der Waals surface area contributed by atoms with E-state index in [9.17, 15) is 0 Å². The lowest BCUT2D eigenvalue weighted by molar-refractivity contribution is 0.658. The lowest BCUT2D eigenvalue weighted by Gasteiger charge is -2.06. The van der Waals surface area contributed by atoms with Gasteiger partial charge in [0.15, 0.2) is 0 Å². The van der Waals surface area contributed by atoms with Crippen LogP contribution >= 0.6 is 22.9 Å². The monoisotopic (exact) mass is 280 g/mol. The zero-order valence-corrected chi connectivity index (χ0v) is 12.4. The van der Waals surface area contributed by atoms with E-state index in [1.54, 1.807) is 11.3 Å². The maximum atomic E-state index is 5.99. The van der Waals surface area contributed by atoms with Crippen LogP contribution in [0.3, 0.4) is 0 Å². The number of aryl methyl sites for hydroxylation is 1. The first-order chi connectivity index (χ1) is 8.60. The molecule has 1 unspecified atom stereocenters. The van der Waals surface area contributed by atoms with E-state index in [0.29, 0.717) is 6.04 Å². The predicted molar refractivity (Wildman–Crippen MR) is 78.6 cm³/mol. The summed E-state index contributed by atoms with van der Waals surface area (Å²) in [6.45, 7) is 4.23. The van der Waals surface area contributed by atoms with Crippen molar-refractivity contribution in [2.75, 3.05) is 7.05 Å². The number of nitrogens with one attached hydrogen (secondary N) is 1. The number of aromatic nitrogens is 1. The molecule has 0 fully saturated rings. The van der Waals surface area contributed by atoms with Crippen LogP contribution in [0, 0.1) is 6.92 Å². The van der Waals surface area contributed by atoms with Gasteiger partial charge >= 0.3 is 0 Å². The van der Waals surface area contributed by atoms with Crippen LogP contribution in [0.15, 0.2) is 24.3 Å². The Balaban J connectivity index is 2.20. The molecule has 2 rings (SSSR count). The van der Waals surface area contributed by atoms with Crippen molar-refractivity contribution in [1.82, 2.24) is 10.3 Å². The minimum absolute atomic E-state index is 0.357. The van der Waals surface area contributed by atoms with Gasteiger partial charge in [0.05, 0.1) is 10.7 Å². The molecule has 1 aromatic carbocycles. The third kappa shape index (κ3) is 3.10. The molecule has 96 valence electrons. The average Bonchev–Trinajstić information content (AvgIpc) is 2.69. The highest BCUT2D eigenvalue weighted by Crippen LogP contribution is 2.26. The van der Waals surface area contributed by atoms with Gasteiger partial charge in [0.1, 0.15) is 0 Å². The highest BCUT2D eigenvalue weighted by molar-refractivity contribution is 7.11. The van der Waals surface area contributed by atoms with Crippen LogP contribution in [0.5, 0.6) is 0 Å². The van der Waals surface area contributed by atoms with Gasteiger partial charge in [-0.25, -0.2) is 4.98 Å². The maximum absolute atomic E-state index is 5.99. The summed E-state index contributed by atoms with van der Waals surface area (Å²) in [5.74, 6) is 0. The molecule has 18 heavy (non-hydrogen) atoms. The largest absolute Gasteiger partial charge is 0.312 e. The van der Waals surface area contributed by atoms with Gasteiger partial charge in [-0.3, -0.25) is 0 Å². The second-order valence-electron chi connectivity index (χ2n) is 4.37. The number of thiazole rings is 1. The van der Waals surface area contributed by atoms with Crippen molar-refractivity contribution < 1.29 is 0 Å². The van der Waals surface area contributed by atoms with Crippen molar-refractivity contribution in [2.24, 2.45) is 0 Å². The van der Waals surface area contributed by atoms with Gasteiger partial charge in [-0.05, 0) is 38.6 Å². The fourth-order valence-corrected chi connectivity index (χ4v) is 3.27. The second kappa shape index (κ2) is 5.83. The van der Waals surface area contributed by atoms with E-state index in [1.165, 1.54) is 10.4 Å². The topological polar surface area (TPSA) is 24.9 Å². The minimum atomic E-state index is 0.357. The molecule has 1 heterocycles. The quantitative estimate of drug-likeness (QED) is 0.916. The van der Waals surface area contributed by atoms with Crippen molar-refractivity contribution in [3.8, 4) is 0 Å². The molecule has 0 radical (unpaired) electrons. The normalized spacial score (nSPS) is 12.7. The van der Waals surface area contributed by atoms with E-state index in [0.717, 1.165) is 22.1 Å². The summed E-state index contributed by atoms with van der Waals surface area (Å²) in [6, 6.07) is 8.32. The summed E-state index contributed by atoms with van der Waals surface area (Å²) in [5, 5.41) is 5.18. The van der Waals surface area contributed by atoms with E-state index in [-0.39, 0.29) is 0 Å². The molecule has 2 aromatic rings. The number of hydrogen-bond acceptors (Lipinski definition) is 3. The summed E-state index contributed by atoms with van der Waals surface area (Å²) in [6.07, 6.45) is 0.850. The standard InChI is InChI=1S/C14H17ClN2S/c1-9(16-3)14-10(2)17-13(18-14)8-11-5-4-6-12(15)7-11/h4-7,9,16H,8H2,1-3H3. The zero-order valence-electron chi connectivity index (χ0n) is 10.8. The van der Waals surface area contributed by atoms with Gasteiger partial charge in [-0.2, -0.15) is 0 Å². The maximum Gasteiger partial charge on any atom is 0.0975 e. The molecule has 4 heteroatoms. The highest BCUT2D eigenvalue weighted by Gasteiger charge is 2.12. The molecular formula is C14H17ClN2S. The van der Waals surface area contributed by atoms with Crippen molar-refractivity contribution in [3.63, 3.8) is 0 Å². The van der Waals surface area contributed by atoms with Crippen LogP contribution in [-0.4, -0.2) is 12.0 Å². The lowest BCUT2D eigenvalue weighted by atomic mass is 10.2. The Kier molecular flexibility index (Phi) is 4.38. The third-order valence-corrected chi connectivity index (χ3v) is 4.52. The molecule has 0 amide bonds. The highest BCUT2D eigenvalue weighted by atomic mass is 35.5. The number of hydrogen-bond donors (Lipinski definition) is 1. The molecule has 0 aliphatic carbocycles. The predicted octanol–water partition coefficient (Wildman–Crippen LogP) is 3.98. The summed E-state index contributed by atoms with van der Waals surface area (Å²) in [5.41, 5.74) is 2.33. The Hall–Kier alpha value is -0.900. The Morgan fingerprint density at radius 1 is 1.44 bits per heavy atom. The van der Waals surface area contributed by atoms with E-state index in [2.05, 4.69) is 30.2 Å². The third-order valence-electron chi connectivity index (χ3n) is 2.95. The zero-order chi connectivity index (χ0) is 13.1. The number of nitrogens with zero attached hydrogens (tertiary/aromatic N) is 1. The van der Waals surface area contributed by atoms with Crippen LogP contribution in [0.4, 0.5) is 0 Å². The second-order valence-corrected chi connectivity index (χ2v) is 5.93. The molecule has 0 bridgehead atoms. The SMILES string of the molecule is CNC(C)c1sc(Cc2cccc(Cl)c2)nc1C. The molecule has 1 atom stereocenters. The number of benzene rings is 1. The molecule has 2 nitrogen and oxygen atoms in total. The van der Waals surface area contributed by atoms with E-state index < -0.39 is 0 Å². The molecule has 0 aliphatic rings. The van der Waals surface area contributed by atoms with Crippen molar-refractivity contribution in [1.29, 1.82) is 0 Å². The van der Waals surface area contributed by atoms with Crippen molar-refractivity contribution in [3.05, 3.63) is 50.4 Å². The van der Waals surface area contributed by atoms with Gasteiger partial charge in [0.25, 0.3) is 0 Å². The first kappa shape index (κ1) is 13.5. The van der Waals surface area contributed by atoms with Gasteiger partial charge in [0.2, 0.25) is 0 Å². The molecule has 0 aliphatic heterocycles. The van der Waals surface area contributed by atoms with Gasteiger partial charge < -0.3 is 5.32 Å². The number of rotatable bonds is 4. The molecule has 1 N–H and O–H groups in total. The molecule has 0 saturated heterocycles. The molecule has 1 aromatic heterocycles. The average molecular weight is 281 g/mol. The van der Waals surface area contributed by atoms with Crippen molar-refractivity contribution in [2.45, 2.75) is 26.3 Å². The van der Waals surface area contributed by atoms with Gasteiger partial charge in [-0.15, -0.1) is 11.3 Å². The van der Waals surface area contributed by atoms with Crippen LogP contribution in [0.2, 0.25) is 5.02 Å². The first-order valence-corrected chi connectivity index (χ1v) is 7.17. The first-order valence-electron chi connectivity index (χ1n) is 5.98. The van der Waals surface area contributed by atoms with Crippen LogP contribution in [0.25, 0.3) is 0 Å². The van der Waals surface area contributed by atoms with Crippen LogP contribution in [0.1, 0.15) is 34.1 Å². The van der Waals surface area contributed by atoms with Gasteiger partial charge in [0, 0.05) is 22.4 Å². The Morgan fingerprint density at radius 2 is 2.22 bits per heavy atom. The fourth-order valence-electron chi connectivity index (χ4n) is 1.90. The molecular weight excluding hydrogens is 264 g/mol. The van der Waals surface area contributed by atoms with Gasteiger partial charge in [-0.1, -0.05) is 23.7 Å². The van der Waals surface area contributed by atoms with E-state index >= 15 is 0 Å². The van der Waals surface area contributed by atoms with Crippen molar-refractivity contribution >= 4 is 22.9 Å². The smallest absolute Gasteiger partial charge is 0.0975 e. The van der Waals surface area contributed by atoms with E-state index in [4.69, 9.17) is 11.6 Å². The summed E-state index contributed by atoms with van der Waals surface area (Å²) in [4.78, 5) is 5.95. The Labute approximate surface area is 117 Å².